The summed E-state index contributed by atoms with van der Waals surface area (Å²) in [5.41, 5.74) is 1.23. The zero-order chi connectivity index (χ0) is 19.5. The van der Waals surface area contributed by atoms with Crippen LogP contribution in [0.25, 0.3) is 0 Å². The van der Waals surface area contributed by atoms with Crippen LogP contribution in [0.5, 0.6) is 0 Å². The van der Waals surface area contributed by atoms with E-state index in [4.69, 9.17) is 11.6 Å². The highest BCUT2D eigenvalue weighted by Gasteiger charge is 2.19. The van der Waals surface area contributed by atoms with Crippen molar-refractivity contribution in [3.8, 4) is 0 Å². The maximum Gasteiger partial charge on any atom is 0.261 e. The first-order valence-electron chi connectivity index (χ1n) is 7.88. The number of sulfonamides is 2. The summed E-state index contributed by atoms with van der Waals surface area (Å²) in [5, 5.41) is 0.491. The van der Waals surface area contributed by atoms with Crippen LogP contribution < -0.4 is 9.44 Å². The van der Waals surface area contributed by atoms with Crippen molar-refractivity contribution in [2.45, 2.75) is 25.7 Å². The third kappa shape index (κ3) is 5.62. The van der Waals surface area contributed by atoms with Gasteiger partial charge in [-0.05, 0) is 54.8 Å². The van der Waals surface area contributed by atoms with Gasteiger partial charge in [-0.25, -0.2) is 16.8 Å². The lowest BCUT2D eigenvalue weighted by Crippen LogP contribution is -2.21. The molecule has 0 atom stereocenters. The molecule has 0 spiro atoms. The maximum absolute atomic E-state index is 12.6. The van der Waals surface area contributed by atoms with Crippen molar-refractivity contribution in [1.82, 2.24) is 0 Å². The Morgan fingerprint density at radius 2 is 1.58 bits per heavy atom. The van der Waals surface area contributed by atoms with Gasteiger partial charge in [0.25, 0.3) is 10.0 Å². The molecule has 0 heterocycles. The minimum atomic E-state index is -3.87. The summed E-state index contributed by atoms with van der Waals surface area (Å²) in [7, 11) is -7.43. The number of aryl methyl sites for hydroxylation is 1. The molecule has 2 N–H and O–H groups in total. The second-order valence-corrected chi connectivity index (χ2v) is 10.3. The van der Waals surface area contributed by atoms with Gasteiger partial charge < -0.3 is 0 Å². The number of anilines is 2. The normalized spacial score (nSPS) is 12.2. The van der Waals surface area contributed by atoms with Crippen molar-refractivity contribution >= 4 is 43.0 Å². The lowest BCUT2D eigenvalue weighted by Gasteiger charge is -2.14. The molecule has 2 aromatic carbocycles. The maximum atomic E-state index is 12.6. The molecule has 0 saturated carbocycles. The van der Waals surface area contributed by atoms with E-state index in [1.54, 1.807) is 51.1 Å². The molecule has 2 aromatic rings. The van der Waals surface area contributed by atoms with E-state index < -0.39 is 20.0 Å². The van der Waals surface area contributed by atoms with Crippen molar-refractivity contribution < 1.29 is 16.8 Å². The number of benzene rings is 2. The van der Waals surface area contributed by atoms with Gasteiger partial charge in [-0.15, -0.1) is 0 Å². The van der Waals surface area contributed by atoms with Crippen LogP contribution in [0.3, 0.4) is 0 Å². The topological polar surface area (TPSA) is 92.3 Å². The lowest BCUT2D eigenvalue weighted by atomic mass is 10.2. The van der Waals surface area contributed by atoms with Crippen molar-refractivity contribution in [3.63, 3.8) is 0 Å². The van der Waals surface area contributed by atoms with Crippen LogP contribution >= 0.6 is 11.6 Å². The molecule has 0 aliphatic carbocycles. The van der Waals surface area contributed by atoms with E-state index >= 15 is 0 Å². The molecule has 0 fully saturated rings. The zero-order valence-electron chi connectivity index (χ0n) is 14.7. The second-order valence-electron chi connectivity index (χ2n) is 6.37. The summed E-state index contributed by atoms with van der Waals surface area (Å²) >= 11 is 5.79. The summed E-state index contributed by atoms with van der Waals surface area (Å²) in [6, 6.07) is 10.5. The Morgan fingerprint density at radius 3 is 2.15 bits per heavy atom. The lowest BCUT2D eigenvalue weighted by molar-refractivity contribution is 0.587. The Morgan fingerprint density at radius 1 is 0.962 bits per heavy atom. The van der Waals surface area contributed by atoms with Gasteiger partial charge in [-0.2, -0.15) is 0 Å². The van der Waals surface area contributed by atoms with Crippen LogP contribution in [0.2, 0.25) is 5.02 Å². The predicted molar refractivity (Wildman–Crippen MR) is 106 cm³/mol. The van der Waals surface area contributed by atoms with E-state index in [1.807, 2.05) is 0 Å². The van der Waals surface area contributed by atoms with Gasteiger partial charge in [-0.3, -0.25) is 9.44 Å². The average Bonchev–Trinajstić information content (AvgIpc) is 2.50. The Kier molecular flexibility index (Phi) is 6.21. The van der Waals surface area contributed by atoms with Crippen LogP contribution in [-0.4, -0.2) is 22.6 Å². The zero-order valence-corrected chi connectivity index (χ0v) is 17.0. The van der Waals surface area contributed by atoms with Gasteiger partial charge in [0.1, 0.15) is 0 Å². The SMILES string of the molecule is Cc1ccc(S(=O)(=O)Nc2ccc(Cl)cc2)cc1NS(=O)(=O)CC(C)C. The molecular weight excluding hydrogens is 396 g/mol. The smallest absolute Gasteiger partial charge is 0.261 e. The molecule has 9 heteroatoms. The van der Waals surface area contributed by atoms with Crippen molar-refractivity contribution in [2.75, 3.05) is 15.2 Å². The molecule has 0 aliphatic heterocycles. The summed E-state index contributed by atoms with van der Waals surface area (Å²) in [6.45, 7) is 5.29. The fourth-order valence-electron chi connectivity index (χ4n) is 2.26. The first-order valence-corrected chi connectivity index (χ1v) is 11.4. The first kappa shape index (κ1) is 20.5. The molecule has 0 aromatic heterocycles. The quantitative estimate of drug-likeness (QED) is 0.717. The number of nitrogens with one attached hydrogen (secondary N) is 2. The fraction of sp³-hybridized carbons (Fsp3) is 0.294. The van der Waals surface area contributed by atoms with E-state index in [-0.39, 0.29) is 22.3 Å². The largest absolute Gasteiger partial charge is 0.283 e. The highest BCUT2D eigenvalue weighted by atomic mass is 35.5. The minimum absolute atomic E-state index is 0.0414. The number of hydrogen-bond donors (Lipinski definition) is 2. The van der Waals surface area contributed by atoms with Crippen LogP contribution in [0.15, 0.2) is 47.4 Å². The molecule has 142 valence electrons. The van der Waals surface area contributed by atoms with Crippen LogP contribution in [-0.2, 0) is 20.0 Å². The molecule has 0 aliphatic rings. The highest BCUT2D eigenvalue weighted by molar-refractivity contribution is 7.93. The van der Waals surface area contributed by atoms with Gasteiger partial charge in [0.2, 0.25) is 10.0 Å². The van der Waals surface area contributed by atoms with Gasteiger partial charge in [0, 0.05) is 10.7 Å². The summed E-state index contributed by atoms with van der Waals surface area (Å²) in [5.74, 6) is -0.0989. The van der Waals surface area contributed by atoms with Gasteiger partial charge in [0.05, 0.1) is 16.3 Å². The summed E-state index contributed by atoms with van der Waals surface area (Å²) in [4.78, 5) is -0.0414. The van der Waals surface area contributed by atoms with E-state index in [2.05, 4.69) is 9.44 Å². The second kappa shape index (κ2) is 7.85. The Bertz CT molecular complexity index is 986. The number of rotatable bonds is 7. The first-order chi connectivity index (χ1) is 12.0. The Balaban J connectivity index is 2.31. The van der Waals surface area contributed by atoms with E-state index in [0.717, 1.165) is 0 Å². The van der Waals surface area contributed by atoms with Gasteiger partial charge in [0.15, 0.2) is 0 Å². The molecule has 0 bridgehead atoms. The Labute approximate surface area is 159 Å². The molecule has 0 radical (unpaired) electrons. The van der Waals surface area contributed by atoms with Crippen molar-refractivity contribution in [2.24, 2.45) is 5.92 Å². The molecule has 2 rings (SSSR count). The Hall–Kier alpha value is -1.77. The third-order valence-corrected chi connectivity index (χ3v) is 6.70. The minimum Gasteiger partial charge on any atom is -0.283 e. The molecule has 0 saturated heterocycles. The molecular formula is C17H21ClN2O4S2. The van der Waals surface area contributed by atoms with Crippen LogP contribution in [0.4, 0.5) is 11.4 Å². The monoisotopic (exact) mass is 416 g/mol. The standard InChI is InChI=1S/C17H21ClN2O4S2/c1-12(2)11-25(21,22)20-17-10-16(9-4-13(17)3)26(23,24)19-15-7-5-14(18)6-8-15/h4-10,12,19-20H,11H2,1-3H3. The molecule has 26 heavy (non-hydrogen) atoms. The van der Waals surface area contributed by atoms with E-state index in [9.17, 15) is 16.8 Å². The van der Waals surface area contributed by atoms with E-state index in [1.165, 1.54) is 12.1 Å². The summed E-state index contributed by atoms with van der Waals surface area (Å²) in [6.07, 6.45) is 0. The number of hydrogen-bond acceptors (Lipinski definition) is 4. The molecule has 6 nitrogen and oxygen atoms in total. The van der Waals surface area contributed by atoms with E-state index in [0.29, 0.717) is 16.3 Å². The van der Waals surface area contributed by atoms with Crippen molar-refractivity contribution in [3.05, 3.63) is 53.1 Å². The van der Waals surface area contributed by atoms with Gasteiger partial charge >= 0.3 is 0 Å². The fourth-order valence-corrected chi connectivity index (χ4v) is 4.98. The number of halogens is 1. The third-order valence-electron chi connectivity index (χ3n) is 3.43. The summed E-state index contributed by atoms with van der Waals surface area (Å²) < 4.78 is 54.4. The van der Waals surface area contributed by atoms with Crippen LogP contribution in [0.1, 0.15) is 19.4 Å². The van der Waals surface area contributed by atoms with Crippen molar-refractivity contribution in [1.29, 1.82) is 0 Å². The van der Waals surface area contributed by atoms with Gasteiger partial charge in [-0.1, -0.05) is 31.5 Å². The molecule has 0 unspecified atom stereocenters. The predicted octanol–water partition coefficient (Wildman–Crippen LogP) is 3.85. The van der Waals surface area contributed by atoms with Crippen LogP contribution in [0, 0.1) is 12.8 Å². The average molecular weight is 417 g/mol. The highest BCUT2D eigenvalue weighted by Crippen LogP contribution is 2.24. The molecule has 0 amide bonds.